The largest absolute Gasteiger partial charge is 0.417 e. The van der Waals surface area contributed by atoms with E-state index in [1.54, 1.807) is 12.1 Å². The molecule has 0 radical (unpaired) electrons. The Morgan fingerprint density at radius 3 is 2.27 bits per heavy atom. The number of hydrogen-bond donors (Lipinski definition) is 1. The number of nitrogens with two attached hydrogens (primary N) is 1. The summed E-state index contributed by atoms with van der Waals surface area (Å²) in [5.41, 5.74) is -0.418. The second-order valence-corrected chi connectivity index (χ2v) is 9.45. The molecule has 0 aliphatic heterocycles. The van der Waals surface area contributed by atoms with E-state index in [2.05, 4.69) is 10.1 Å². The van der Waals surface area contributed by atoms with Crippen LogP contribution in [0.4, 0.5) is 13.2 Å². The maximum atomic E-state index is 13.3. The number of nitrogens with zero attached hydrogens (tertiary/aromatic N) is 2. The molecule has 0 unspecified atom stereocenters. The summed E-state index contributed by atoms with van der Waals surface area (Å²) in [7, 11) is -3.80. The second-order valence-electron chi connectivity index (χ2n) is 7.89. The van der Waals surface area contributed by atoms with Crippen LogP contribution in [0.15, 0.2) is 57.9 Å². The van der Waals surface area contributed by atoms with Crippen LogP contribution in [0.3, 0.4) is 0 Å². The van der Waals surface area contributed by atoms with Crippen molar-refractivity contribution in [2.75, 3.05) is 0 Å². The van der Waals surface area contributed by atoms with Gasteiger partial charge in [-0.2, -0.15) is 18.2 Å². The van der Waals surface area contributed by atoms with Gasteiger partial charge in [-0.25, -0.2) is 13.6 Å². The van der Waals surface area contributed by atoms with E-state index in [0.717, 1.165) is 11.6 Å². The van der Waals surface area contributed by atoms with E-state index in [9.17, 15) is 21.6 Å². The third-order valence-corrected chi connectivity index (χ3v) is 6.51. The SMILES string of the molecule is CC1(C)[C@H](c2ccc(S(N)(=O)=O)cc2)[C@H]1c1nc(-c2ccccc2C(F)(F)F)no1. The molecule has 2 N–H and O–H groups in total. The third kappa shape index (κ3) is 3.50. The third-order valence-electron chi connectivity index (χ3n) is 5.58. The highest BCUT2D eigenvalue weighted by molar-refractivity contribution is 7.89. The van der Waals surface area contributed by atoms with E-state index in [0.29, 0.717) is 0 Å². The predicted octanol–water partition coefficient (Wildman–Crippen LogP) is 4.31. The number of halogens is 3. The lowest BCUT2D eigenvalue weighted by molar-refractivity contribution is -0.137. The average Bonchev–Trinajstić information content (AvgIpc) is 3.01. The average molecular weight is 437 g/mol. The van der Waals surface area contributed by atoms with Gasteiger partial charge in [0.15, 0.2) is 0 Å². The normalized spacial score (nSPS) is 20.9. The number of hydrogen-bond acceptors (Lipinski definition) is 5. The van der Waals surface area contributed by atoms with Crippen LogP contribution < -0.4 is 5.14 Å². The van der Waals surface area contributed by atoms with Crippen molar-refractivity contribution in [1.82, 2.24) is 10.1 Å². The van der Waals surface area contributed by atoms with Crippen molar-refractivity contribution in [3.8, 4) is 11.4 Å². The van der Waals surface area contributed by atoms with Gasteiger partial charge in [0.1, 0.15) is 0 Å². The standard InChI is InChI=1S/C20H18F3N3O3S/c1-19(2)15(11-7-9-12(10-8-11)30(24,27)28)16(19)18-25-17(26-29-18)13-5-3-4-6-14(13)20(21,22)23/h3-10,15-16H,1-2H3,(H2,24,27,28)/t15-,16+/m1/s1. The van der Waals surface area contributed by atoms with Crippen LogP contribution in [0.5, 0.6) is 0 Å². The minimum atomic E-state index is -4.54. The van der Waals surface area contributed by atoms with Gasteiger partial charge in [0.2, 0.25) is 21.7 Å². The highest BCUT2D eigenvalue weighted by Crippen LogP contribution is 2.69. The van der Waals surface area contributed by atoms with Crippen molar-refractivity contribution in [3.63, 3.8) is 0 Å². The van der Waals surface area contributed by atoms with Crippen LogP contribution in [-0.4, -0.2) is 18.6 Å². The highest BCUT2D eigenvalue weighted by Gasteiger charge is 2.62. The molecule has 0 bridgehead atoms. The first kappa shape index (κ1) is 20.5. The number of alkyl halides is 3. The molecule has 1 fully saturated rings. The molecule has 158 valence electrons. The van der Waals surface area contributed by atoms with Gasteiger partial charge in [0, 0.05) is 11.5 Å². The highest BCUT2D eigenvalue weighted by atomic mass is 32.2. The van der Waals surface area contributed by atoms with E-state index in [1.807, 2.05) is 13.8 Å². The summed E-state index contributed by atoms with van der Waals surface area (Å²) in [4.78, 5) is 4.26. The fourth-order valence-corrected chi connectivity index (χ4v) is 4.50. The molecular formula is C20H18F3N3O3S. The lowest BCUT2D eigenvalue weighted by atomic mass is 10.0. The van der Waals surface area contributed by atoms with E-state index >= 15 is 0 Å². The minimum Gasteiger partial charge on any atom is -0.339 e. The van der Waals surface area contributed by atoms with Gasteiger partial charge >= 0.3 is 6.18 Å². The van der Waals surface area contributed by atoms with Gasteiger partial charge in [-0.1, -0.05) is 49.3 Å². The van der Waals surface area contributed by atoms with Crippen LogP contribution >= 0.6 is 0 Å². The van der Waals surface area contributed by atoms with E-state index in [4.69, 9.17) is 9.66 Å². The molecule has 2 aromatic carbocycles. The van der Waals surface area contributed by atoms with Gasteiger partial charge in [0.05, 0.1) is 16.4 Å². The maximum absolute atomic E-state index is 13.3. The topological polar surface area (TPSA) is 99.1 Å². The van der Waals surface area contributed by atoms with E-state index < -0.39 is 21.8 Å². The first-order valence-electron chi connectivity index (χ1n) is 9.03. The fraction of sp³-hybridized carbons (Fsp3) is 0.300. The smallest absolute Gasteiger partial charge is 0.339 e. The van der Waals surface area contributed by atoms with Gasteiger partial charge in [0.25, 0.3) is 0 Å². The summed E-state index contributed by atoms with van der Waals surface area (Å²) in [6, 6.07) is 11.3. The molecular weight excluding hydrogens is 419 g/mol. The summed E-state index contributed by atoms with van der Waals surface area (Å²) < 4.78 is 68.1. The zero-order valence-electron chi connectivity index (χ0n) is 16.0. The molecule has 1 aliphatic carbocycles. The Morgan fingerprint density at radius 1 is 1.03 bits per heavy atom. The lowest BCUT2D eigenvalue weighted by Crippen LogP contribution is -2.11. The molecule has 0 spiro atoms. The monoisotopic (exact) mass is 437 g/mol. The number of primary sulfonamides is 1. The second kappa shape index (κ2) is 6.64. The first-order valence-corrected chi connectivity index (χ1v) is 10.6. The number of rotatable bonds is 4. The number of sulfonamides is 1. The lowest BCUT2D eigenvalue weighted by Gasteiger charge is -2.09. The van der Waals surface area contributed by atoms with Gasteiger partial charge in [-0.3, -0.25) is 0 Å². The van der Waals surface area contributed by atoms with Crippen LogP contribution in [-0.2, 0) is 16.2 Å². The number of aromatic nitrogens is 2. The van der Waals surface area contributed by atoms with Crippen molar-refractivity contribution in [2.45, 2.75) is 36.8 Å². The Kier molecular flexibility index (Phi) is 4.55. The van der Waals surface area contributed by atoms with Crippen molar-refractivity contribution >= 4 is 10.0 Å². The van der Waals surface area contributed by atoms with Crippen LogP contribution in [0.1, 0.15) is 42.7 Å². The molecule has 2 atom stereocenters. The molecule has 3 aromatic rings. The molecule has 1 heterocycles. The molecule has 30 heavy (non-hydrogen) atoms. The van der Waals surface area contributed by atoms with Crippen LogP contribution in [0.2, 0.25) is 0 Å². The summed E-state index contributed by atoms with van der Waals surface area (Å²) in [6.07, 6.45) is -4.54. The quantitative estimate of drug-likeness (QED) is 0.656. The van der Waals surface area contributed by atoms with Crippen LogP contribution in [0.25, 0.3) is 11.4 Å². The van der Waals surface area contributed by atoms with E-state index in [1.165, 1.54) is 30.3 Å². The Hall–Kier alpha value is -2.72. The Bertz CT molecular complexity index is 1200. The molecule has 1 aliphatic rings. The molecule has 0 amide bonds. The Morgan fingerprint density at radius 2 is 1.67 bits per heavy atom. The summed E-state index contributed by atoms with van der Waals surface area (Å²) in [5, 5.41) is 8.91. The van der Waals surface area contributed by atoms with Crippen molar-refractivity contribution in [1.29, 1.82) is 0 Å². The fourth-order valence-electron chi connectivity index (χ4n) is 3.98. The summed E-state index contributed by atoms with van der Waals surface area (Å²) in [5.74, 6) is -0.147. The zero-order chi connectivity index (χ0) is 21.9. The summed E-state index contributed by atoms with van der Waals surface area (Å²) >= 11 is 0. The van der Waals surface area contributed by atoms with Crippen LogP contribution in [0, 0.1) is 5.41 Å². The molecule has 10 heteroatoms. The van der Waals surface area contributed by atoms with E-state index in [-0.39, 0.29) is 39.4 Å². The maximum Gasteiger partial charge on any atom is 0.417 e. The minimum absolute atomic E-state index is 0.00471. The van der Waals surface area contributed by atoms with Gasteiger partial charge < -0.3 is 4.52 Å². The molecule has 0 saturated heterocycles. The molecule has 1 aromatic heterocycles. The van der Waals surface area contributed by atoms with Gasteiger partial charge in [-0.15, -0.1) is 0 Å². The van der Waals surface area contributed by atoms with Crippen molar-refractivity contribution < 1.29 is 26.1 Å². The molecule has 4 rings (SSSR count). The van der Waals surface area contributed by atoms with Gasteiger partial charge in [-0.05, 0) is 29.2 Å². The van der Waals surface area contributed by atoms with Crippen molar-refractivity contribution in [3.05, 3.63) is 65.5 Å². The zero-order valence-corrected chi connectivity index (χ0v) is 16.8. The summed E-state index contributed by atoms with van der Waals surface area (Å²) in [6.45, 7) is 3.95. The number of benzene rings is 2. The molecule has 6 nitrogen and oxygen atoms in total. The first-order chi connectivity index (χ1) is 13.9. The molecule has 1 saturated carbocycles. The Labute approximate surface area is 171 Å². The van der Waals surface area contributed by atoms with Crippen molar-refractivity contribution in [2.24, 2.45) is 10.6 Å². The predicted molar refractivity (Wildman–Crippen MR) is 102 cm³/mol. The Balaban J connectivity index is 1.65.